The van der Waals surface area contributed by atoms with Gasteiger partial charge < -0.3 is 15.0 Å². The number of anilines is 2. The Kier molecular flexibility index (Phi) is 7.09. The number of ether oxygens (including phenoxy) is 1. The average molecular weight is 376 g/mol. The number of carbonyl (C=O) groups excluding carboxylic acids is 1. The van der Waals surface area contributed by atoms with Crippen molar-refractivity contribution in [2.45, 2.75) is 13.0 Å². The number of nitrogens with one attached hydrogen (secondary N) is 1. The minimum atomic E-state index is -0.187. The van der Waals surface area contributed by atoms with Gasteiger partial charge in [0.2, 0.25) is 0 Å². The highest BCUT2D eigenvalue weighted by Gasteiger charge is 2.19. The van der Waals surface area contributed by atoms with Gasteiger partial charge in [-0.2, -0.15) is 0 Å². The molecule has 0 spiro atoms. The Morgan fingerprint density at radius 2 is 1.68 bits per heavy atom. The number of methoxy groups -OCH3 is 1. The molecule has 0 bridgehead atoms. The van der Waals surface area contributed by atoms with Gasteiger partial charge in [-0.1, -0.05) is 48.5 Å². The van der Waals surface area contributed by atoms with Gasteiger partial charge in [0.15, 0.2) is 5.69 Å². The zero-order chi connectivity index (χ0) is 19.6. The number of benzene rings is 2. The van der Waals surface area contributed by atoms with Crippen LogP contribution >= 0.6 is 0 Å². The molecule has 0 fully saturated rings. The van der Waals surface area contributed by atoms with Crippen LogP contribution in [-0.2, 0) is 11.3 Å². The molecule has 1 amide bonds. The third kappa shape index (κ3) is 5.37. The maximum absolute atomic E-state index is 13.1. The summed E-state index contributed by atoms with van der Waals surface area (Å²) in [5.41, 5.74) is 2.17. The van der Waals surface area contributed by atoms with Crippen molar-refractivity contribution in [3.05, 3.63) is 84.1 Å². The van der Waals surface area contributed by atoms with E-state index in [4.69, 9.17) is 4.74 Å². The van der Waals surface area contributed by atoms with Gasteiger partial charge >= 0.3 is 0 Å². The molecule has 0 aliphatic heterocycles. The molecule has 1 N–H and O–H groups in total. The van der Waals surface area contributed by atoms with Gasteiger partial charge in [0.05, 0.1) is 6.54 Å². The SMILES string of the molecule is COCCCNc1ccc(C(=O)N(Cc2ccccc2)c2ccccc2)nn1. The fourth-order valence-electron chi connectivity index (χ4n) is 2.77. The van der Waals surface area contributed by atoms with Crippen LogP contribution in [-0.4, -0.2) is 36.4 Å². The number of hydrogen-bond donors (Lipinski definition) is 1. The Hall–Kier alpha value is -3.25. The normalized spacial score (nSPS) is 10.5. The standard InChI is InChI=1S/C22H24N4O2/c1-28-16-8-15-23-21-14-13-20(24-25-21)22(27)26(19-11-6-3-7-12-19)17-18-9-4-2-5-10-18/h2-7,9-14H,8,15-17H2,1H3,(H,23,25). The van der Waals surface area contributed by atoms with Crippen LogP contribution in [0.5, 0.6) is 0 Å². The second-order valence-electron chi connectivity index (χ2n) is 6.29. The van der Waals surface area contributed by atoms with Crippen LogP contribution in [0.2, 0.25) is 0 Å². The fourth-order valence-corrected chi connectivity index (χ4v) is 2.77. The van der Waals surface area contributed by atoms with Crippen molar-refractivity contribution in [1.29, 1.82) is 0 Å². The number of para-hydroxylation sites is 1. The van der Waals surface area contributed by atoms with E-state index < -0.39 is 0 Å². The lowest BCUT2D eigenvalue weighted by atomic mass is 10.2. The van der Waals surface area contributed by atoms with Crippen LogP contribution in [0, 0.1) is 0 Å². The summed E-state index contributed by atoms with van der Waals surface area (Å²) in [7, 11) is 1.67. The van der Waals surface area contributed by atoms with E-state index in [9.17, 15) is 4.79 Å². The van der Waals surface area contributed by atoms with Gasteiger partial charge in [0.1, 0.15) is 5.82 Å². The molecule has 0 radical (unpaired) electrons. The van der Waals surface area contributed by atoms with Crippen LogP contribution in [0.15, 0.2) is 72.8 Å². The number of hydrogen-bond acceptors (Lipinski definition) is 5. The molecule has 3 aromatic rings. The average Bonchev–Trinajstić information content (AvgIpc) is 2.76. The van der Waals surface area contributed by atoms with Crippen LogP contribution in [0.25, 0.3) is 0 Å². The van der Waals surface area contributed by atoms with E-state index in [1.807, 2.05) is 60.7 Å². The minimum Gasteiger partial charge on any atom is -0.385 e. The van der Waals surface area contributed by atoms with E-state index in [0.29, 0.717) is 24.7 Å². The fraction of sp³-hybridized carbons (Fsp3) is 0.227. The lowest BCUT2D eigenvalue weighted by Gasteiger charge is -2.22. The number of carbonyl (C=O) groups is 1. The molecule has 144 valence electrons. The molecule has 0 unspecified atom stereocenters. The van der Waals surface area contributed by atoms with Crippen LogP contribution in [0.1, 0.15) is 22.5 Å². The van der Waals surface area contributed by atoms with Crippen LogP contribution in [0.3, 0.4) is 0 Å². The Labute approximate surface area is 165 Å². The second kappa shape index (κ2) is 10.2. The van der Waals surface area contributed by atoms with Gasteiger partial charge in [-0.3, -0.25) is 4.79 Å². The molecule has 1 heterocycles. The summed E-state index contributed by atoms with van der Waals surface area (Å²) in [5, 5.41) is 11.4. The van der Waals surface area contributed by atoms with E-state index in [-0.39, 0.29) is 5.91 Å². The number of nitrogens with zero attached hydrogens (tertiary/aromatic N) is 3. The van der Waals surface area contributed by atoms with Gasteiger partial charge in [-0.15, -0.1) is 10.2 Å². The highest BCUT2D eigenvalue weighted by Crippen LogP contribution is 2.19. The van der Waals surface area contributed by atoms with Gasteiger partial charge in [-0.25, -0.2) is 0 Å². The molecular formula is C22H24N4O2. The molecule has 2 aromatic carbocycles. The van der Waals surface area contributed by atoms with Gasteiger partial charge in [0, 0.05) is 25.9 Å². The molecule has 3 rings (SSSR count). The van der Waals surface area contributed by atoms with E-state index >= 15 is 0 Å². The summed E-state index contributed by atoms with van der Waals surface area (Å²) >= 11 is 0. The number of rotatable bonds is 9. The predicted molar refractivity (Wildman–Crippen MR) is 110 cm³/mol. The quantitative estimate of drug-likeness (QED) is 0.576. The number of aromatic nitrogens is 2. The molecule has 0 aliphatic carbocycles. The maximum atomic E-state index is 13.1. The Balaban J connectivity index is 1.75. The molecule has 6 heteroatoms. The third-order valence-electron chi connectivity index (χ3n) is 4.21. The largest absolute Gasteiger partial charge is 0.385 e. The first kappa shape index (κ1) is 19.5. The molecule has 0 atom stereocenters. The lowest BCUT2D eigenvalue weighted by molar-refractivity contribution is 0.0979. The molecule has 0 saturated carbocycles. The smallest absolute Gasteiger partial charge is 0.279 e. The van der Waals surface area contributed by atoms with Crippen LogP contribution in [0.4, 0.5) is 11.5 Å². The van der Waals surface area contributed by atoms with Crippen molar-refractivity contribution in [3.63, 3.8) is 0 Å². The molecule has 0 saturated heterocycles. The molecule has 0 aliphatic rings. The third-order valence-corrected chi connectivity index (χ3v) is 4.21. The summed E-state index contributed by atoms with van der Waals surface area (Å²) in [6.07, 6.45) is 0.873. The first-order chi connectivity index (χ1) is 13.8. The van der Waals surface area contributed by atoms with Crippen LogP contribution < -0.4 is 10.2 Å². The topological polar surface area (TPSA) is 67.3 Å². The van der Waals surface area contributed by atoms with Crippen molar-refractivity contribution in [2.75, 3.05) is 30.5 Å². The highest BCUT2D eigenvalue weighted by molar-refractivity contribution is 6.04. The van der Waals surface area contributed by atoms with E-state index in [1.165, 1.54) is 0 Å². The first-order valence-corrected chi connectivity index (χ1v) is 9.25. The summed E-state index contributed by atoms with van der Waals surface area (Å²) < 4.78 is 5.02. The second-order valence-corrected chi connectivity index (χ2v) is 6.29. The van der Waals surface area contributed by atoms with Gasteiger partial charge in [0.25, 0.3) is 5.91 Å². The van der Waals surface area contributed by atoms with Crippen molar-refractivity contribution >= 4 is 17.4 Å². The van der Waals surface area contributed by atoms with Gasteiger partial charge in [-0.05, 0) is 36.2 Å². The summed E-state index contributed by atoms with van der Waals surface area (Å²) in [5.74, 6) is 0.454. The summed E-state index contributed by atoms with van der Waals surface area (Å²) in [6.45, 7) is 1.88. The van der Waals surface area contributed by atoms with Crippen molar-refractivity contribution in [2.24, 2.45) is 0 Å². The molecule has 28 heavy (non-hydrogen) atoms. The zero-order valence-electron chi connectivity index (χ0n) is 15.9. The number of amides is 1. The highest BCUT2D eigenvalue weighted by atomic mass is 16.5. The molecule has 1 aromatic heterocycles. The van der Waals surface area contributed by atoms with E-state index in [2.05, 4.69) is 15.5 Å². The zero-order valence-corrected chi connectivity index (χ0v) is 15.9. The monoisotopic (exact) mass is 376 g/mol. The first-order valence-electron chi connectivity index (χ1n) is 9.25. The maximum Gasteiger partial charge on any atom is 0.279 e. The predicted octanol–water partition coefficient (Wildman–Crippen LogP) is 3.77. The summed E-state index contributed by atoms with van der Waals surface area (Å²) in [6, 6.07) is 23.0. The molecule has 6 nitrogen and oxygen atoms in total. The summed E-state index contributed by atoms with van der Waals surface area (Å²) in [4.78, 5) is 14.9. The Bertz CT molecular complexity index is 855. The van der Waals surface area contributed by atoms with Crippen molar-refractivity contribution < 1.29 is 9.53 Å². The lowest BCUT2D eigenvalue weighted by Crippen LogP contribution is -2.31. The van der Waals surface area contributed by atoms with E-state index in [1.54, 1.807) is 24.1 Å². The minimum absolute atomic E-state index is 0.187. The van der Waals surface area contributed by atoms with Crippen molar-refractivity contribution in [1.82, 2.24) is 10.2 Å². The van der Waals surface area contributed by atoms with Crippen molar-refractivity contribution in [3.8, 4) is 0 Å². The molecular weight excluding hydrogens is 352 g/mol. The Morgan fingerprint density at radius 3 is 2.32 bits per heavy atom. The van der Waals surface area contributed by atoms with E-state index in [0.717, 1.165) is 24.2 Å². The Morgan fingerprint density at radius 1 is 0.964 bits per heavy atom.